The average molecular weight is 482 g/mol. The fraction of sp³-hybridized carbons (Fsp3) is 0.520. The third-order valence-corrected chi connectivity index (χ3v) is 7.84. The minimum absolute atomic E-state index is 0.0268. The molecule has 2 fully saturated rings. The van der Waals surface area contributed by atoms with Crippen LogP contribution in [0.4, 0.5) is 0 Å². The molecule has 9 heteroatoms. The predicted octanol–water partition coefficient (Wildman–Crippen LogP) is 3.54. The Morgan fingerprint density at radius 1 is 1.09 bits per heavy atom. The number of hydrogen-bond acceptors (Lipinski definition) is 6. The van der Waals surface area contributed by atoms with Crippen LogP contribution in [0.5, 0.6) is 0 Å². The van der Waals surface area contributed by atoms with E-state index in [4.69, 9.17) is 11.6 Å². The summed E-state index contributed by atoms with van der Waals surface area (Å²) in [5, 5.41) is 4.43. The summed E-state index contributed by atoms with van der Waals surface area (Å²) in [5.74, 6) is 0.471. The summed E-state index contributed by atoms with van der Waals surface area (Å²) in [5.41, 5.74) is 1.14. The minimum Gasteiger partial charge on any atom is -0.350 e. The van der Waals surface area contributed by atoms with E-state index in [9.17, 15) is 4.79 Å². The smallest absolute Gasteiger partial charge is 0.253 e. The maximum Gasteiger partial charge on any atom is 0.253 e. The minimum atomic E-state index is -0.125. The van der Waals surface area contributed by atoms with Gasteiger partial charge in [0.1, 0.15) is 5.65 Å². The number of fused-ring (bicyclic) bond motifs is 1. The first-order valence-corrected chi connectivity index (χ1v) is 12.7. The van der Waals surface area contributed by atoms with Crippen LogP contribution in [0.15, 0.2) is 37.1 Å². The average Bonchev–Trinajstić information content (AvgIpc) is 3.30. The molecule has 5 rings (SSSR count). The van der Waals surface area contributed by atoms with Gasteiger partial charge in [0.25, 0.3) is 5.91 Å². The lowest BCUT2D eigenvalue weighted by molar-refractivity contribution is 0.00925. The molecule has 0 spiro atoms. The van der Waals surface area contributed by atoms with Crippen molar-refractivity contribution in [3.63, 3.8) is 0 Å². The van der Waals surface area contributed by atoms with E-state index in [2.05, 4.69) is 37.0 Å². The third-order valence-electron chi connectivity index (χ3n) is 7.53. The van der Waals surface area contributed by atoms with E-state index < -0.39 is 0 Å². The summed E-state index contributed by atoms with van der Waals surface area (Å²) in [6, 6.07) is 1.72. The zero-order valence-electron chi connectivity index (χ0n) is 19.7. The van der Waals surface area contributed by atoms with Gasteiger partial charge in [0, 0.05) is 63.1 Å². The lowest BCUT2D eigenvalue weighted by Crippen LogP contribution is -2.61. The Morgan fingerprint density at radius 3 is 2.59 bits per heavy atom. The second-order valence-electron chi connectivity index (χ2n) is 9.36. The van der Waals surface area contributed by atoms with E-state index in [0.29, 0.717) is 34.0 Å². The largest absolute Gasteiger partial charge is 0.350 e. The molecule has 0 radical (unpaired) electrons. The van der Waals surface area contributed by atoms with Crippen LogP contribution in [0.25, 0.3) is 16.9 Å². The predicted molar refractivity (Wildman–Crippen MR) is 134 cm³/mol. The summed E-state index contributed by atoms with van der Waals surface area (Å²) < 4.78 is 1.78. The Bertz CT molecular complexity index is 1130. The number of hydrogen-bond donors (Lipinski definition) is 1. The lowest BCUT2D eigenvalue weighted by atomic mass is 9.79. The van der Waals surface area contributed by atoms with Crippen LogP contribution in [0.1, 0.15) is 49.4 Å². The first kappa shape index (κ1) is 23.2. The third kappa shape index (κ3) is 4.42. The molecule has 3 aromatic heterocycles. The van der Waals surface area contributed by atoms with Crippen LogP contribution in [0.2, 0.25) is 5.02 Å². The van der Waals surface area contributed by atoms with Gasteiger partial charge in [-0.15, -0.1) is 0 Å². The van der Waals surface area contributed by atoms with Gasteiger partial charge in [0.05, 0.1) is 22.2 Å². The molecule has 8 nitrogen and oxygen atoms in total. The van der Waals surface area contributed by atoms with Gasteiger partial charge in [-0.3, -0.25) is 19.2 Å². The molecule has 34 heavy (non-hydrogen) atoms. The molecule has 0 bridgehead atoms. The molecule has 0 aromatic carbocycles. The standard InChI is InChI=1S/C25H32ClN7O/c1-2-31-12-14-32(15-13-31)25(7-4-3-5-8-25)18-30-24(34)19-17-33(21-16-27-10-11-28-21)23-22(19)20(26)6-9-29-23/h6,9-11,16-17H,2-5,7-8,12-15,18H2,1H3,(H,30,34). The number of pyridine rings is 1. The summed E-state index contributed by atoms with van der Waals surface area (Å²) in [7, 11) is 0. The normalized spacial score (nSPS) is 19.4. The SMILES string of the molecule is CCN1CCN(C2(CNC(=O)c3cn(-c4cnccn4)c4nccc(Cl)c34)CCCCC2)CC1. The second kappa shape index (κ2) is 9.98. The van der Waals surface area contributed by atoms with Crippen molar-refractivity contribution in [3.8, 4) is 5.82 Å². The van der Waals surface area contributed by atoms with E-state index in [-0.39, 0.29) is 11.4 Å². The molecule has 180 valence electrons. The van der Waals surface area contributed by atoms with Gasteiger partial charge < -0.3 is 10.2 Å². The van der Waals surface area contributed by atoms with Gasteiger partial charge in [0.15, 0.2) is 5.82 Å². The molecule has 1 amide bonds. The van der Waals surface area contributed by atoms with Gasteiger partial charge in [-0.05, 0) is 25.5 Å². The summed E-state index contributed by atoms with van der Waals surface area (Å²) in [4.78, 5) is 31.7. The van der Waals surface area contributed by atoms with E-state index in [1.807, 2.05) is 0 Å². The fourth-order valence-corrected chi connectivity index (χ4v) is 5.81. The molecular formula is C25H32ClN7O. The van der Waals surface area contributed by atoms with Gasteiger partial charge in [-0.25, -0.2) is 9.97 Å². The number of piperazine rings is 1. The Balaban J connectivity index is 1.41. The number of nitrogens with one attached hydrogen (secondary N) is 1. The quantitative estimate of drug-likeness (QED) is 0.580. The van der Waals surface area contributed by atoms with Crippen molar-refractivity contribution in [1.82, 2.24) is 34.6 Å². The van der Waals surface area contributed by atoms with Crippen molar-refractivity contribution in [2.24, 2.45) is 0 Å². The van der Waals surface area contributed by atoms with E-state index in [0.717, 1.165) is 45.6 Å². The van der Waals surface area contributed by atoms with E-state index in [1.165, 1.54) is 19.3 Å². The highest BCUT2D eigenvalue weighted by Crippen LogP contribution is 2.35. The van der Waals surface area contributed by atoms with Crippen molar-refractivity contribution in [2.75, 3.05) is 39.3 Å². The van der Waals surface area contributed by atoms with Gasteiger partial charge in [-0.2, -0.15) is 0 Å². The highest BCUT2D eigenvalue weighted by molar-refractivity contribution is 6.36. The molecule has 4 heterocycles. The number of carbonyl (C=O) groups excluding carboxylic acids is 1. The molecule has 1 saturated heterocycles. The Kier molecular flexibility index (Phi) is 6.81. The molecule has 2 aliphatic rings. The van der Waals surface area contributed by atoms with Crippen LogP contribution in [-0.2, 0) is 0 Å². The van der Waals surface area contributed by atoms with Crippen LogP contribution < -0.4 is 5.32 Å². The van der Waals surface area contributed by atoms with Crippen molar-refractivity contribution in [3.05, 3.63) is 47.6 Å². The van der Waals surface area contributed by atoms with E-state index in [1.54, 1.807) is 41.6 Å². The zero-order valence-corrected chi connectivity index (χ0v) is 20.5. The molecule has 1 aliphatic carbocycles. The Hall–Kier alpha value is -2.55. The molecule has 0 atom stereocenters. The first-order valence-electron chi connectivity index (χ1n) is 12.3. The first-order chi connectivity index (χ1) is 16.6. The van der Waals surface area contributed by atoms with Crippen LogP contribution in [-0.4, -0.2) is 80.0 Å². The van der Waals surface area contributed by atoms with Crippen LogP contribution >= 0.6 is 11.6 Å². The fourth-order valence-electron chi connectivity index (χ4n) is 5.57. The lowest BCUT2D eigenvalue weighted by Gasteiger charge is -2.50. The molecular weight excluding hydrogens is 450 g/mol. The van der Waals surface area contributed by atoms with E-state index >= 15 is 0 Å². The number of rotatable bonds is 6. The molecule has 0 unspecified atom stereocenters. The number of nitrogens with zero attached hydrogens (tertiary/aromatic N) is 6. The topological polar surface area (TPSA) is 79.2 Å². The number of aromatic nitrogens is 4. The van der Waals surface area contributed by atoms with Gasteiger partial charge in [-0.1, -0.05) is 37.8 Å². The second-order valence-corrected chi connectivity index (χ2v) is 9.76. The van der Waals surface area contributed by atoms with Crippen molar-refractivity contribution < 1.29 is 4.79 Å². The molecule has 1 saturated carbocycles. The van der Waals surface area contributed by atoms with Crippen LogP contribution in [0, 0.1) is 0 Å². The van der Waals surface area contributed by atoms with Gasteiger partial charge in [0.2, 0.25) is 0 Å². The highest BCUT2D eigenvalue weighted by atomic mass is 35.5. The number of halogens is 1. The molecule has 1 aliphatic heterocycles. The van der Waals surface area contributed by atoms with Gasteiger partial charge >= 0.3 is 0 Å². The number of carbonyl (C=O) groups is 1. The summed E-state index contributed by atoms with van der Waals surface area (Å²) >= 11 is 6.55. The molecule has 1 N–H and O–H groups in total. The maximum absolute atomic E-state index is 13.5. The van der Waals surface area contributed by atoms with Crippen molar-refractivity contribution in [1.29, 1.82) is 0 Å². The highest BCUT2D eigenvalue weighted by Gasteiger charge is 2.39. The van der Waals surface area contributed by atoms with Crippen molar-refractivity contribution >= 4 is 28.5 Å². The maximum atomic E-state index is 13.5. The zero-order chi connectivity index (χ0) is 23.5. The summed E-state index contributed by atoms with van der Waals surface area (Å²) in [6.07, 6.45) is 14.3. The Labute approximate surface area is 205 Å². The van der Waals surface area contributed by atoms with Crippen molar-refractivity contribution in [2.45, 2.75) is 44.6 Å². The number of amides is 1. The molecule has 3 aromatic rings. The Morgan fingerprint density at radius 2 is 1.88 bits per heavy atom. The van der Waals surface area contributed by atoms with Crippen LogP contribution in [0.3, 0.4) is 0 Å². The number of likely N-dealkylation sites (N-methyl/N-ethyl adjacent to an activating group) is 1. The summed E-state index contributed by atoms with van der Waals surface area (Å²) in [6.45, 7) is 8.29. The monoisotopic (exact) mass is 481 g/mol.